The zero-order valence-corrected chi connectivity index (χ0v) is 7.39. The highest BCUT2D eigenvalue weighted by Gasteiger charge is 2.32. The van der Waals surface area contributed by atoms with Crippen molar-refractivity contribution in [2.45, 2.75) is 24.5 Å². The predicted octanol–water partition coefficient (Wildman–Crippen LogP) is 0.927. The summed E-state index contributed by atoms with van der Waals surface area (Å²) in [6.07, 6.45) is 3.29. The molecule has 0 aromatic heterocycles. The van der Waals surface area contributed by atoms with Gasteiger partial charge in [-0.1, -0.05) is 0 Å². The van der Waals surface area contributed by atoms with Crippen molar-refractivity contribution in [2.24, 2.45) is 5.92 Å². The van der Waals surface area contributed by atoms with Gasteiger partial charge in [0.2, 0.25) is 5.91 Å². The van der Waals surface area contributed by atoms with Crippen molar-refractivity contribution in [3.63, 3.8) is 0 Å². The molecule has 62 valence electrons. The van der Waals surface area contributed by atoms with Gasteiger partial charge in [-0.25, -0.2) is 0 Å². The highest BCUT2D eigenvalue weighted by atomic mass is 32.1. The Bertz CT molecular complexity index is 179. The Hall–Kier alpha value is -0.180. The molecule has 3 heteroatoms. The second-order valence-corrected chi connectivity index (χ2v) is 4.33. The van der Waals surface area contributed by atoms with Gasteiger partial charge in [0.15, 0.2) is 0 Å². The zero-order valence-electron chi connectivity index (χ0n) is 6.49. The highest BCUT2D eigenvalue weighted by Crippen LogP contribution is 2.31. The first-order chi connectivity index (χ1) is 5.25. The normalized spacial score (nSPS) is 31.5. The Kier molecular flexibility index (Phi) is 1.83. The van der Waals surface area contributed by atoms with E-state index in [2.05, 4.69) is 12.6 Å². The van der Waals surface area contributed by atoms with Crippen LogP contribution in [0.5, 0.6) is 0 Å². The number of likely N-dealkylation sites (tertiary alicyclic amines) is 1. The quantitative estimate of drug-likeness (QED) is 0.613. The van der Waals surface area contributed by atoms with E-state index in [4.69, 9.17) is 0 Å². The van der Waals surface area contributed by atoms with Crippen LogP contribution in [0.3, 0.4) is 0 Å². The molecule has 2 fully saturated rings. The molecule has 0 aromatic carbocycles. The fourth-order valence-corrected chi connectivity index (χ4v) is 1.89. The van der Waals surface area contributed by atoms with Crippen LogP contribution < -0.4 is 0 Å². The van der Waals surface area contributed by atoms with Gasteiger partial charge in [-0.15, -0.1) is 0 Å². The lowest BCUT2D eigenvalue weighted by Gasteiger charge is -2.14. The lowest BCUT2D eigenvalue weighted by molar-refractivity contribution is -0.127. The molecule has 11 heavy (non-hydrogen) atoms. The van der Waals surface area contributed by atoms with Crippen molar-refractivity contribution in [3.8, 4) is 0 Å². The largest absolute Gasteiger partial charge is 0.341 e. The number of carbonyl (C=O) groups is 1. The van der Waals surface area contributed by atoms with E-state index in [1.165, 1.54) is 12.8 Å². The molecule has 2 nitrogen and oxygen atoms in total. The van der Waals surface area contributed by atoms with Gasteiger partial charge in [0.25, 0.3) is 0 Å². The van der Waals surface area contributed by atoms with Crippen molar-refractivity contribution in [2.75, 3.05) is 13.1 Å². The first-order valence-electron chi connectivity index (χ1n) is 4.21. The highest BCUT2D eigenvalue weighted by molar-refractivity contribution is 7.81. The first-order valence-corrected chi connectivity index (χ1v) is 4.73. The van der Waals surface area contributed by atoms with Crippen molar-refractivity contribution in [1.29, 1.82) is 0 Å². The standard InChI is InChI=1S/C8H13NOS/c10-8-3-7(11)5-9(8)4-6-1-2-6/h6-7,11H,1-5H2. The smallest absolute Gasteiger partial charge is 0.223 e. The zero-order chi connectivity index (χ0) is 7.84. The number of hydrogen-bond acceptors (Lipinski definition) is 2. The van der Waals surface area contributed by atoms with E-state index in [9.17, 15) is 4.79 Å². The van der Waals surface area contributed by atoms with E-state index in [0.29, 0.717) is 17.6 Å². The van der Waals surface area contributed by atoms with Gasteiger partial charge in [-0.2, -0.15) is 12.6 Å². The maximum absolute atomic E-state index is 11.2. The summed E-state index contributed by atoms with van der Waals surface area (Å²) >= 11 is 4.29. The lowest BCUT2D eigenvalue weighted by Crippen LogP contribution is -2.27. The molecule has 0 aromatic rings. The third-order valence-corrected chi connectivity index (χ3v) is 2.72. The molecule has 0 bridgehead atoms. The molecule has 1 atom stereocenters. The first kappa shape index (κ1) is 7.47. The van der Waals surface area contributed by atoms with Crippen molar-refractivity contribution in [3.05, 3.63) is 0 Å². The van der Waals surface area contributed by atoms with Crippen LogP contribution in [0.1, 0.15) is 19.3 Å². The van der Waals surface area contributed by atoms with Gasteiger partial charge >= 0.3 is 0 Å². The third kappa shape index (κ3) is 1.70. The van der Waals surface area contributed by atoms with Crippen molar-refractivity contribution >= 4 is 18.5 Å². The summed E-state index contributed by atoms with van der Waals surface area (Å²) in [5, 5.41) is 0.293. The molecule has 0 spiro atoms. The number of carbonyl (C=O) groups excluding carboxylic acids is 1. The topological polar surface area (TPSA) is 20.3 Å². The molecule has 2 rings (SSSR count). The fourth-order valence-electron chi connectivity index (χ4n) is 1.54. The minimum absolute atomic E-state index is 0.293. The summed E-state index contributed by atoms with van der Waals surface area (Å²) in [7, 11) is 0. The van der Waals surface area contributed by atoms with Crippen LogP contribution in [0.2, 0.25) is 0 Å². The lowest BCUT2D eigenvalue weighted by atomic mass is 10.4. The molecule has 1 saturated carbocycles. The number of amides is 1. The number of rotatable bonds is 2. The molecular weight excluding hydrogens is 158 g/mol. The monoisotopic (exact) mass is 171 g/mol. The number of thiol groups is 1. The maximum atomic E-state index is 11.2. The second kappa shape index (κ2) is 2.70. The van der Waals surface area contributed by atoms with Crippen LogP contribution in [0.15, 0.2) is 0 Å². The molecular formula is C8H13NOS. The Morgan fingerprint density at radius 2 is 2.27 bits per heavy atom. The van der Waals surface area contributed by atoms with Gasteiger partial charge in [0.1, 0.15) is 0 Å². The van der Waals surface area contributed by atoms with E-state index >= 15 is 0 Å². The van der Waals surface area contributed by atoms with Crippen LogP contribution in [-0.2, 0) is 4.79 Å². The van der Waals surface area contributed by atoms with E-state index in [-0.39, 0.29) is 0 Å². The Labute approximate surface area is 72.4 Å². The van der Waals surface area contributed by atoms with Gasteiger partial charge < -0.3 is 4.90 Å². The molecule has 1 amide bonds. The van der Waals surface area contributed by atoms with Crippen LogP contribution in [0.25, 0.3) is 0 Å². The summed E-state index contributed by atoms with van der Waals surface area (Å²) in [5.41, 5.74) is 0. The maximum Gasteiger partial charge on any atom is 0.223 e. The summed E-state index contributed by atoms with van der Waals surface area (Å²) in [5.74, 6) is 1.12. The minimum Gasteiger partial charge on any atom is -0.341 e. The van der Waals surface area contributed by atoms with Crippen LogP contribution in [0.4, 0.5) is 0 Å². The minimum atomic E-state index is 0.293. The van der Waals surface area contributed by atoms with E-state index < -0.39 is 0 Å². The van der Waals surface area contributed by atoms with Crippen molar-refractivity contribution in [1.82, 2.24) is 4.90 Å². The summed E-state index contributed by atoms with van der Waals surface area (Å²) in [6, 6.07) is 0. The molecule has 2 aliphatic rings. The second-order valence-electron chi connectivity index (χ2n) is 3.60. The molecule has 1 heterocycles. The molecule has 0 N–H and O–H groups in total. The van der Waals surface area contributed by atoms with Gasteiger partial charge in [0, 0.05) is 24.8 Å². The predicted molar refractivity (Wildman–Crippen MR) is 46.7 cm³/mol. The fraction of sp³-hybridized carbons (Fsp3) is 0.875. The van der Waals surface area contributed by atoms with Gasteiger partial charge in [0.05, 0.1) is 0 Å². The average molecular weight is 171 g/mol. The average Bonchev–Trinajstić information content (AvgIpc) is 2.64. The molecule has 1 aliphatic heterocycles. The number of hydrogen-bond donors (Lipinski definition) is 1. The van der Waals surface area contributed by atoms with Crippen molar-refractivity contribution < 1.29 is 4.79 Å². The van der Waals surface area contributed by atoms with E-state index in [1.54, 1.807) is 0 Å². The number of nitrogens with zero attached hydrogens (tertiary/aromatic N) is 1. The SMILES string of the molecule is O=C1CC(S)CN1CC1CC1. The van der Waals surface area contributed by atoms with Crippen LogP contribution in [0, 0.1) is 5.92 Å². The Balaban J connectivity index is 1.87. The molecule has 0 radical (unpaired) electrons. The summed E-state index contributed by atoms with van der Waals surface area (Å²) < 4.78 is 0. The van der Waals surface area contributed by atoms with Crippen LogP contribution in [-0.4, -0.2) is 29.1 Å². The van der Waals surface area contributed by atoms with E-state index in [1.807, 2.05) is 4.90 Å². The summed E-state index contributed by atoms with van der Waals surface area (Å²) in [4.78, 5) is 13.2. The molecule has 1 aliphatic carbocycles. The molecule has 1 saturated heterocycles. The van der Waals surface area contributed by atoms with Crippen LogP contribution >= 0.6 is 12.6 Å². The van der Waals surface area contributed by atoms with Gasteiger partial charge in [-0.3, -0.25) is 4.79 Å². The Morgan fingerprint density at radius 3 is 2.73 bits per heavy atom. The van der Waals surface area contributed by atoms with E-state index in [0.717, 1.165) is 19.0 Å². The Morgan fingerprint density at radius 1 is 1.55 bits per heavy atom. The summed E-state index contributed by atoms with van der Waals surface area (Å²) in [6.45, 7) is 1.87. The van der Waals surface area contributed by atoms with Gasteiger partial charge in [-0.05, 0) is 18.8 Å². The molecule has 1 unspecified atom stereocenters. The third-order valence-electron chi connectivity index (χ3n) is 2.37.